The lowest BCUT2D eigenvalue weighted by molar-refractivity contribution is -0.133. The van der Waals surface area contributed by atoms with Gasteiger partial charge in [-0.2, -0.15) is 0 Å². The van der Waals surface area contributed by atoms with Crippen LogP contribution >= 0.6 is 0 Å². The van der Waals surface area contributed by atoms with Gasteiger partial charge in [0.15, 0.2) is 11.6 Å². The van der Waals surface area contributed by atoms with Crippen molar-refractivity contribution in [2.45, 2.75) is 63.6 Å². The fraction of sp³-hybridized carbons (Fsp3) is 0.355. The molecule has 3 aromatic rings. The van der Waals surface area contributed by atoms with E-state index in [0.29, 0.717) is 5.57 Å². The molecule has 1 fully saturated rings. The Morgan fingerprint density at radius 1 is 0.917 bits per heavy atom. The van der Waals surface area contributed by atoms with E-state index in [2.05, 4.69) is 67.5 Å². The molecule has 0 spiro atoms. The zero-order valence-corrected chi connectivity index (χ0v) is 21.6. The van der Waals surface area contributed by atoms with Gasteiger partial charge in [0.25, 0.3) is 0 Å². The van der Waals surface area contributed by atoms with Gasteiger partial charge in [-0.3, -0.25) is 9.59 Å². The molecule has 0 aromatic heterocycles. The van der Waals surface area contributed by atoms with Crippen LogP contribution in [0.3, 0.4) is 0 Å². The largest absolute Gasteiger partial charge is 0.367 e. The number of Topliss-reactive ketones (excluding diaryl/α,β-unsaturated/α-hetero) is 2. The van der Waals surface area contributed by atoms with E-state index in [-0.39, 0.29) is 28.7 Å². The van der Waals surface area contributed by atoms with Gasteiger partial charge in [-0.05, 0) is 47.6 Å². The van der Waals surface area contributed by atoms with E-state index in [9.17, 15) is 9.59 Å². The van der Waals surface area contributed by atoms with Crippen LogP contribution in [0.4, 0.5) is 17.1 Å². The predicted octanol–water partition coefficient (Wildman–Crippen LogP) is 6.15. The summed E-state index contributed by atoms with van der Waals surface area (Å²) < 4.78 is 0. The Kier molecular flexibility index (Phi) is 4.88. The van der Waals surface area contributed by atoms with Crippen LogP contribution in [0.15, 0.2) is 66.2 Å². The van der Waals surface area contributed by atoms with Crippen molar-refractivity contribution in [3.05, 3.63) is 77.4 Å². The Labute approximate surface area is 212 Å². The number of hydrogen-bond acceptors (Lipinski definition) is 5. The van der Waals surface area contributed by atoms with E-state index < -0.39 is 5.92 Å². The van der Waals surface area contributed by atoms with Gasteiger partial charge in [-0.25, -0.2) is 0 Å². The summed E-state index contributed by atoms with van der Waals surface area (Å²) >= 11 is 0. The lowest BCUT2D eigenvalue weighted by Crippen LogP contribution is -2.48. The second-order valence-corrected chi connectivity index (χ2v) is 11.0. The Hall–Kier alpha value is -3.60. The number of carbonyl (C=O) groups excluding carboxylic acids is 2. The topological polar surface area (TPSA) is 61.4 Å². The normalized spacial score (nSPS) is 23.1. The average molecular weight is 480 g/mol. The van der Waals surface area contributed by atoms with Crippen LogP contribution in [0.25, 0.3) is 10.8 Å². The Balaban J connectivity index is 1.40. The molecular weight excluding hydrogens is 446 g/mol. The quantitative estimate of drug-likeness (QED) is 0.267. The molecule has 1 unspecified atom stereocenters. The zero-order valence-electron chi connectivity index (χ0n) is 21.6. The second-order valence-electron chi connectivity index (χ2n) is 11.0. The minimum Gasteiger partial charge on any atom is -0.367 e. The summed E-state index contributed by atoms with van der Waals surface area (Å²) in [6.45, 7) is 8.66. The van der Waals surface area contributed by atoms with Gasteiger partial charge in [0, 0.05) is 29.2 Å². The molecule has 184 valence electrons. The Morgan fingerprint density at radius 3 is 2.33 bits per heavy atom. The summed E-state index contributed by atoms with van der Waals surface area (Å²) in [5.41, 5.74) is 4.97. The first kappa shape index (κ1) is 22.8. The smallest absolute Gasteiger partial charge is 0.181 e. The number of likely N-dealkylation sites (N-methyl/N-ethyl adjacent to an activating group) is 1. The number of nitrogens with zero attached hydrogens (tertiary/aromatic N) is 1. The third-order valence-corrected chi connectivity index (χ3v) is 8.85. The van der Waals surface area contributed by atoms with Crippen molar-refractivity contribution in [3.63, 3.8) is 0 Å². The molecule has 5 heteroatoms. The van der Waals surface area contributed by atoms with Crippen LogP contribution < -0.4 is 15.5 Å². The molecule has 3 aliphatic rings. The van der Waals surface area contributed by atoms with Crippen molar-refractivity contribution in [1.29, 1.82) is 0 Å². The molecule has 5 nitrogen and oxygen atoms in total. The number of allylic oxidation sites excluding steroid dienone is 1. The zero-order chi connectivity index (χ0) is 25.4. The van der Waals surface area contributed by atoms with Crippen LogP contribution in [-0.2, 0) is 15.0 Å². The number of para-hydroxylation sites is 1. The van der Waals surface area contributed by atoms with Crippen LogP contribution in [-0.4, -0.2) is 30.3 Å². The van der Waals surface area contributed by atoms with Crippen LogP contribution in [0, 0.1) is 0 Å². The lowest BCUT2D eigenvalue weighted by atomic mass is 9.69. The number of ketones is 2. The highest BCUT2D eigenvalue weighted by Gasteiger charge is 2.50. The van der Waals surface area contributed by atoms with Crippen molar-refractivity contribution in [1.82, 2.24) is 0 Å². The lowest BCUT2D eigenvalue weighted by Gasteiger charge is -2.42. The molecule has 36 heavy (non-hydrogen) atoms. The summed E-state index contributed by atoms with van der Waals surface area (Å²) in [5, 5.41) is 9.54. The van der Waals surface area contributed by atoms with Gasteiger partial charge in [0.2, 0.25) is 0 Å². The minimum atomic E-state index is -0.752. The molecule has 0 amide bonds. The van der Waals surface area contributed by atoms with E-state index in [1.807, 2.05) is 43.5 Å². The summed E-state index contributed by atoms with van der Waals surface area (Å²) in [7, 11) is 2.04. The van der Waals surface area contributed by atoms with Gasteiger partial charge in [-0.1, -0.05) is 70.2 Å². The molecule has 1 atom stereocenters. The van der Waals surface area contributed by atoms with E-state index >= 15 is 0 Å². The van der Waals surface area contributed by atoms with Crippen molar-refractivity contribution in [3.8, 4) is 0 Å². The maximum absolute atomic E-state index is 13.6. The van der Waals surface area contributed by atoms with Gasteiger partial charge in [0.1, 0.15) is 11.6 Å². The molecule has 6 rings (SSSR count). The van der Waals surface area contributed by atoms with E-state index in [1.165, 1.54) is 5.56 Å². The highest BCUT2D eigenvalue weighted by atomic mass is 16.2. The summed E-state index contributed by atoms with van der Waals surface area (Å²) in [4.78, 5) is 29.4. The monoisotopic (exact) mass is 479 g/mol. The highest BCUT2D eigenvalue weighted by Crippen LogP contribution is 2.49. The summed E-state index contributed by atoms with van der Waals surface area (Å²) in [5.74, 6) is -0.905. The number of fused-ring (bicyclic) bond motifs is 1. The van der Waals surface area contributed by atoms with Crippen LogP contribution in [0.1, 0.15) is 57.6 Å². The molecule has 0 saturated heterocycles. The fourth-order valence-electron chi connectivity index (χ4n) is 6.52. The van der Waals surface area contributed by atoms with Gasteiger partial charge < -0.3 is 15.5 Å². The molecule has 3 aromatic carbocycles. The summed E-state index contributed by atoms with van der Waals surface area (Å²) in [6.07, 6.45) is 3.65. The van der Waals surface area contributed by atoms with Gasteiger partial charge in [0.05, 0.1) is 17.3 Å². The molecule has 1 saturated carbocycles. The number of nitrogens with one attached hydrogen (secondary N) is 2. The predicted molar refractivity (Wildman–Crippen MR) is 147 cm³/mol. The SMILES string of the molecule is CCC1(CC)Nc2cccc3ccc(C4C(=O)C(=CC5N(C)c6ccccc6C5(C)C)C4=O)c(c23)N1. The number of carbonyl (C=O) groups is 2. The second kappa shape index (κ2) is 7.70. The number of benzene rings is 3. The molecule has 2 heterocycles. The van der Waals surface area contributed by atoms with Crippen molar-refractivity contribution < 1.29 is 9.59 Å². The van der Waals surface area contributed by atoms with Gasteiger partial charge in [-0.15, -0.1) is 0 Å². The fourth-order valence-corrected chi connectivity index (χ4v) is 6.52. The maximum atomic E-state index is 13.6. The minimum absolute atomic E-state index is 0.0598. The first-order valence-electron chi connectivity index (χ1n) is 13.0. The highest BCUT2D eigenvalue weighted by molar-refractivity contribution is 6.42. The standard InChI is InChI=1S/C31H33N3O2/c1-6-31(7-2)32-22-13-10-11-18-15-16-19(27(33-31)25(18)22)26-28(35)20(29(26)36)17-24-30(3,4)21-12-8-9-14-23(21)34(24)5/h8-17,24,26,32-33H,6-7H2,1-5H3. The molecule has 2 aliphatic heterocycles. The summed E-state index contributed by atoms with van der Waals surface area (Å²) in [6, 6.07) is 18.5. The van der Waals surface area contributed by atoms with E-state index in [1.54, 1.807) is 0 Å². The molecule has 1 aliphatic carbocycles. The number of rotatable bonds is 4. The van der Waals surface area contributed by atoms with Crippen molar-refractivity contribution in [2.75, 3.05) is 22.6 Å². The Morgan fingerprint density at radius 2 is 1.64 bits per heavy atom. The molecule has 2 N–H and O–H groups in total. The number of hydrogen-bond donors (Lipinski definition) is 2. The average Bonchev–Trinajstić information content (AvgIpc) is 3.08. The van der Waals surface area contributed by atoms with E-state index in [0.717, 1.165) is 46.2 Å². The first-order valence-corrected chi connectivity index (χ1v) is 13.0. The maximum Gasteiger partial charge on any atom is 0.181 e. The third-order valence-electron chi connectivity index (χ3n) is 8.85. The first-order chi connectivity index (χ1) is 17.2. The molecule has 0 radical (unpaired) electrons. The number of anilines is 3. The van der Waals surface area contributed by atoms with Crippen LogP contribution in [0.2, 0.25) is 0 Å². The third kappa shape index (κ3) is 2.95. The molecular formula is C31H33N3O2. The Bertz CT molecular complexity index is 1450. The van der Waals surface area contributed by atoms with Crippen LogP contribution in [0.5, 0.6) is 0 Å². The molecule has 0 bridgehead atoms. The van der Waals surface area contributed by atoms with Gasteiger partial charge >= 0.3 is 0 Å². The van der Waals surface area contributed by atoms with Crippen molar-refractivity contribution >= 4 is 39.4 Å². The van der Waals surface area contributed by atoms with Crippen molar-refractivity contribution in [2.24, 2.45) is 0 Å². The van der Waals surface area contributed by atoms with E-state index in [4.69, 9.17) is 0 Å².